The number of para-hydroxylation sites is 1. The lowest BCUT2D eigenvalue weighted by Gasteiger charge is -2.18. The van der Waals surface area contributed by atoms with Gasteiger partial charge in [0.15, 0.2) is 0 Å². The van der Waals surface area contributed by atoms with Crippen LogP contribution in [0.25, 0.3) is 0 Å². The molecule has 0 saturated heterocycles. The van der Waals surface area contributed by atoms with Crippen LogP contribution in [-0.2, 0) is 6.42 Å². The lowest BCUT2D eigenvalue weighted by molar-refractivity contribution is 0.624. The first-order chi connectivity index (χ1) is 9.61. The molecular formula is C17H19ClFN. The predicted molar refractivity (Wildman–Crippen MR) is 83.9 cm³/mol. The van der Waals surface area contributed by atoms with Gasteiger partial charge >= 0.3 is 0 Å². The van der Waals surface area contributed by atoms with Crippen LogP contribution in [0.15, 0.2) is 42.5 Å². The number of aryl methyl sites for hydroxylation is 1. The molecule has 2 aromatic rings. The Kier molecular flexibility index (Phi) is 5.02. The molecule has 1 atom stereocenters. The lowest BCUT2D eigenvalue weighted by atomic mass is 10.0. The normalized spacial score (nSPS) is 12.2. The maximum Gasteiger partial charge on any atom is 0.142 e. The molecule has 2 aromatic carbocycles. The van der Waals surface area contributed by atoms with E-state index < -0.39 is 0 Å². The van der Waals surface area contributed by atoms with E-state index in [0.717, 1.165) is 24.1 Å². The highest BCUT2D eigenvalue weighted by atomic mass is 35.5. The topological polar surface area (TPSA) is 12.0 Å². The number of hydrogen-bond donors (Lipinski definition) is 1. The van der Waals surface area contributed by atoms with Crippen molar-refractivity contribution in [3.8, 4) is 0 Å². The molecule has 0 amide bonds. The number of benzene rings is 2. The van der Waals surface area contributed by atoms with Crippen LogP contribution in [0, 0.1) is 5.82 Å². The molecule has 0 spiro atoms. The van der Waals surface area contributed by atoms with Crippen molar-refractivity contribution in [3.63, 3.8) is 0 Å². The molecule has 0 aliphatic rings. The molecule has 0 heterocycles. The summed E-state index contributed by atoms with van der Waals surface area (Å²) in [5.41, 5.74) is 3.28. The average molecular weight is 292 g/mol. The second-order valence-electron chi connectivity index (χ2n) is 4.95. The minimum Gasteiger partial charge on any atom is -0.378 e. The molecule has 1 N–H and O–H groups in total. The van der Waals surface area contributed by atoms with Gasteiger partial charge < -0.3 is 5.32 Å². The standard InChI is InChI=1S/C17H19ClFN/c1-3-6-13-7-4-5-8-17(13)20-12(2)14-9-10-15(18)16(19)11-14/h4-5,7-12,20H,3,6H2,1-2H3. The molecule has 2 rings (SSSR count). The van der Waals surface area contributed by atoms with Crippen molar-refractivity contribution in [2.75, 3.05) is 5.32 Å². The van der Waals surface area contributed by atoms with Crippen LogP contribution >= 0.6 is 11.6 Å². The molecule has 1 unspecified atom stereocenters. The fraction of sp³-hybridized carbons (Fsp3) is 0.294. The number of halogens is 2. The van der Waals surface area contributed by atoms with Crippen LogP contribution < -0.4 is 5.32 Å². The van der Waals surface area contributed by atoms with Gasteiger partial charge in [-0.3, -0.25) is 0 Å². The Morgan fingerprint density at radius 2 is 1.95 bits per heavy atom. The molecule has 0 aromatic heterocycles. The summed E-state index contributed by atoms with van der Waals surface area (Å²) in [5, 5.41) is 3.61. The molecule has 0 fully saturated rings. The molecule has 3 heteroatoms. The van der Waals surface area contributed by atoms with Crippen LogP contribution in [-0.4, -0.2) is 0 Å². The van der Waals surface area contributed by atoms with Crippen LogP contribution in [0.3, 0.4) is 0 Å². The number of nitrogens with one attached hydrogen (secondary N) is 1. The number of rotatable bonds is 5. The highest BCUT2D eigenvalue weighted by Crippen LogP contribution is 2.25. The first-order valence-electron chi connectivity index (χ1n) is 6.91. The van der Waals surface area contributed by atoms with E-state index in [0.29, 0.717) is 0 Å². The van der Waals surface area contributed by atoms with Crippen molar-refractivity contribution < 1.29 is 4.39 Å². The fourth-order valence-corrected chi connectivity index (χ4v) is 2.36. The predicted octanol–water partition coefficient (Wildman–Crippen LogP) is 5.60. The highest BCUT2D eigenvalue weighted by Gasteiger charge is 2.10. The molecule has 0 radical (unpaired) electrons. The molecular weight excluding hydrogens is 273 g/mol. The third-order valence-electron chi connectivity index (χ3n) is 3.35. The van der Waals surface area contributed by atoms with Crippen molar-refractivity contribution in [1.82, 2.24) is 0 Å². The first kappa shape index (κ1) is 14.9. The van der Waals surface area contributed by atoms with Gasteiger partial charge in [-0.05, 0) is 42.7 Å². The molecule has 0 aliphatic heterocycles. The van der Waals surface area contributed by atoms with E-state index in [2.05, 4.69) is 24.4 Å². The van der Waals surface area contributed by atoms with E-state index >= 15 is 0 Å². The van der Waals surface area contributed by atoms with Crippen molar-refractivity contribution in [1.29, 1.82) is 0 Å². The summed E-state index contributed by atoms with van der Waals surface area (Å²) in [7, 11) is 0. The zero-order valence-electron chi connectivity index (χ0n) is 11.8. The number of anilines is 1. The maximum absolute atomic E-state index is 13.5. The van der Waals surface area contributed by atoms with Gasteiger partial charge in [-0.25, -0.2) is 4.39 Å². The van der Waals surface area contributed by atoms with E-state index in [9.17, 15) is 4.39 Å². The molecule has 0 bridgehead atoms. The summed E-state index contributed by atoms with van der Waals surface area (Å²) in [6, 6.07) is 13.2. The second-order valence-corrected chi connectivity index (χ2v) is 5.35. The highest BCUT2D eigenvalue weighted by molar-refractivity contribution is 6.30. The minimum atomic E-state index is -0.375. The zero-order valence-corrected chi connectivity index (χ0v) is 12.5. The largest absolute Gasteiger partial charge is 0.378 e. The molecule has 0 aliphatic carbocycles. The summed E-state index contributed by atoms with van der Waals surface area (Å²) in [6.07, 6.45) is 2.13. The molecule has 0 saturated carbocycles. The Labute approximate surface area is 124 Å². The van der Waals surface area contributed by atoms with Gasteiger partial charge in [-0.15, -0.1) is 0 Å². The average Bonchev–Trinajstić information content (AvgIpc) is 2.44. The monoisotopic (exact) mass is 291 g/mol. The smallest absolute Gasteiger partial charge is 0.142 e. The van der Waals surface area contributed by atoms with Crippen LogP contribution in [0.1, 0.15) is 37.4 Å². The summed E-state index contributed by atoms with van der Waals surface area (Å²) in [4.78, 5) is 0. The fourth-order valence-electron chi connectivity index (χ4n) is 2.25. The van der Waals surface area contributed by atoms with Crippen molar-refractivity contribution in [2.24, 2.45) is 0 Å². The third-order valence-corrected chi connectivity index (χ3v) is 3.66. The zero-order chi connectivity index (χ0) is 14.5. The Bertz CT molecular complexity index is 583. The second kappa shape index (κ2) is 6.76. The summed E-state index contributed by atoms with van der Waals surface area (Å²) in [6.45, 7) is 4.18. The molecule has 20 heavy (non-hydrogen) atoms. The minimum absolute atomic E-state index is 0.0276. The summed E-state index contributed by atoms with van der Waals surface area (Å²) in [5.74, 6) is -0.375. The van der Waals surface area contributed by atoms with Crippen LogP contribution in [0.4, 0.5) is 10.1 Å². The first-order valence-corrected chi connectivity index (χ1v) is 7.29. The third kappa shape index (κ3) is 3.51. The summed E-state index contributed by atoms with van der Waals surface area (Å²) < 4.78 is 13.5. The Morgan fingerprint density at radius 3 is 2.65 bits per heavy atom. The van der Waals surface area contributed by atoms with Crippen LogP contribution in [0.5, 0.6) is 0 Å². The maximum atomic E-state index is 13.5. The summed E-state index contributed by atoms with van der Waals surface area (Å²) >= 11 is 5.72. The van der Waals surface area contributed by atoms with Crippen molar-refractivity contribution in [2.45, 2.75) is 32.7 Å². The van der Waals surface area contributed by atoms with E-state index in [1.165, 1.54) is 11.6 Å². The van der Waals surface area contributed by atoms with Gasteiger partial charge in [0.05, 0.1) is 5.02 Å². The Hall–Kier alpha value is -1.54. The van der Waals surface area contributed by atoms with Gasteiger partial charge in [0.1, 0.15) is 5.82 Å². The molecule has 106 valence electrons. The van der Waals surface area contributed by atoms with Gasteiger partial charge in [0, 0.05) is 11.7 Å². The van der Waals surface area contributed by atoms with Gasteiger partial charge in [0.25, 0.3) is 0 Å². The van der Waals surface area contributed by atoms with Gasteiger partial charge in [-0.1, -0.05) is 49.2 Å². The molecule has 1 nitrogen and oxygen atoms in total. The SMILES string of the molecule is CCCc1ccccc1NC(C)c1ccc(Cl)c(F)c1. The van der Waals surface area contributed by atoms with E-state index in [-0.39, 0.29) is 16.9 Å². The quantitative estimate of drug-likeness (QED) is 0.755. The Balaban J connectivity index is 2.18. The lowest BCUT2D eigenvalue weighted by Crippen LogP contribution is -2.08. The van der Waals surface area contributed by atoms with Gasteiger partial charge in [-0.2, -0.15) is 0 Å². The van der Waals surface area contributed by atoms with E-state index in [4.69, 9.17) is 11.6 Å². The van der Waals surface area contributed by atoms with E-state index in [1.54, 1.807) is 6.07 Å². The van der Waals surface area contributed by atoms with Crippen molar-refractivity contribution in [3.05, 3.63) is 64.4 Å². The Morgan fingerprint density at radius 1 is 1.20 bits per heavy atom. The number of hydrogen-bond acceptors (Lipinski definition) is 1. The van der Waals surface area contributed by atoms with Crippen molar-refractivity contribution >= 4 is 17.3 Å². The van der Waals surface area contributed by atoms with Crippen LogP contribution in [0.2, 0.25) is 5.02 Å². The van der Waals surface area contributed by atoms with E-state index in [1.807, 2.05) is 25.1 Å². The van der Waals surface area contributed by atoms with Gasteiger partial charge in [0.2, 0.25) is 0 Å².